The monoisotopic (exact) mass is 229 g/mol. The van der Waals surface area contributed by atoms with E-state index in [9.17, 15) is 14.7 Å². The molecule has 0 radical (unpaired) electrons. The number of nitrogens with one attached hydrogen (secondary N) is 1. The van der Waals surface area contributed by atoms with Gasteiger partial charge in [-0.3, -0.25) is 9.59 Å². The van der Waals surface area contributed by atoms with Crippen molar-refractivity contribution >= 4 is 11.8 Å². The predicted octanol–water partition coefficient (Wildman–Crippen LogP) is -1.57. The number of nitrogens with two attached hydrogens (primary N) is 1. The predicted molar refractivity (Wildman–Crippen MR) is 58.5 cm³/mol. The number of rotatable bonds is 5. The minimum absolute atomic E-state index is 0.00391. The second-order valence-electron chi connectivity index (χ2n) is 3.95. The molecular formula is C10H19N3O3. The minimum Gasteiger partial charge on any atom is -0.381 e. The summed E-state index contributed by atoms with van der Waals surface area (Å²) in [6, 6.07) is -0.196. The fourth-order valence-corrected chi connectivity index (χ4v) is 1.86. The van der Waals surface area contributed by atoms with E-state index in [1.807, 2.05) is 6.92 Å². The highest BCUT2D eigenvalue weighted by Crippen LogP contribution is 2.12. The molecule has 92 valence electrons. The Balaban J connectivity index is 2.53. The van der Waals surface area contributed by atoms with Crippen molar-refractivity contribution in [3.63, 3.8) is 0 Å². The van der Waals surface area contributed by atoms with Gasteiger partial charge in [0.25, 0.3) is 0 Å². The first-order chi connectivity index (χ1) is 7.56. The average Bonchev–Trinajstić information content (AvgIpc) is 2.24. The van der Waals surface area contributed by atoms with E-state index in [1.54, 1.807) is 0 Å². The van der Waals surface area contributed by atoms with E-state index in [0.717, 1.165) is 19.4 Å². The van der Waals surface area contributed by atoms with Crippen molar-refractivity contribution in [2.24, 2.45) is 5.73 Å². The maximum Gasteiger partial charge on any atom is 0.248 e. The van der Waals surface area contributed by atoms with Gasteiger partial charge >= 0.3 is 0 Å². The summed E-state index contributed by atoms with van der Waals surface area (Å²) in [5.74, 6) is -0.855. The van der Waals surface area contributed by atoms with Gasteiger partial charge in [0, 0.05) is 6.54 Å². The average molecular weight is 229 g/mol. The molecule has 0 aliphatic carbocycles. The molecular weight excluding hydrogens is 210 g/mol. The largest absolute Gasteiger partial charge is 0.381 e. The summed E-state index contributed by atoms with van der Waals surface area (Å²) in [5, 5.41) is 12.4. The van der Waals surface area contributed by atoms with E-state index in [4.69, 9.17) is 5.73 Å². The van der Waals surface area contributed by atoms with Crippen molar-refractivity contribution in [2.75, 3.05) is 19.6 Å². The van der Waals surface area contributed by atoms with Gasteiger partial charge in [-0.25, -0.2) is 0 Å². The Morgan fingerprint density at radius 2 is 2.44 bits per heavy atom. The highest BCUT2D eigenvalue weighted by atomic mass is 16.3. The van der Waals surface area contributed by atoms with Crippen molar-refractivity contribution in [1.29, 1.82) is 0 Å². The number of primary amides is 1. The van der Waals surface area contributed by atoms with Gasteiger partial charge in [0.2, 0.25) is 11.8 Å². The van der Waals surface area contributed by atoms with E-state index >= 15 is 0 Å². The van der Waals surface area contributed by atoms with Gasteiger partial charge in [-0.05, 0) is 19.4 Å². The van der Waals surface area contributed by atoms with E-state index in [2.05, 4.69) is 5.32 Å². The fraction of sp³-hybridized carbons (Fsp3) is 0.800. The van der Waals surface area contributed by atoms with E-state index < -0.39 is 12.0 Å². The molecule has 16 heavy (non-hydrogen) atoms. The van der Waals surface area contributed by atoms with Crippen LogP contribution in [0, 0.1) is 0 Å². The number of hydrogen-bond acceptors (Lipinski definition) is 4. The smallest absolute Gasteiger partial charge is 0.248 e. The Hall–Kier alpha value is -1.14. The fourth-order valence-electron chi connectivity index (χ4n) is 1.86. The third kappa shape index (κ3) is 3.18. The molecule has 0 aromatic rings. The van der Waals surface area contributed by atoms with E-state index in [0.29, 0.717) is 6.54 Å². The molecule has 2 atom stereocenters. The molecule has 4 N–H and O–H groups in total. The second kappa shape index (κ2) is 5.81. The number of likely N-dealkylation sites (N-methyl/N-ethyl adjacent to an activating group) is 1. The molecule has 6 nitrogen and oxygen atoms in total. The summed E-state index contributed by atoms with van der Waals surface area (Å²) < 4.78 is 0. The molecule has 1 heterocycles. The summed E-state index contributed by atoms with van der Waals surface area (Å²) >= 11 is 0. The van der Waals surface area contributed by atoms with Crippen molar-refractivity contribution in [2.45, 2.75) is 31.9 Å². The Morgan fingerprint density at radius 1 is 1.75 bits per heavy atom. The molecule has 0 saturated carbocycles. The van der Waals surface area contributed by atoms with Crippen LogP contribution < -0.4 is 11.1 Å². The third-order valence-electron chi connectivity index (χ3n) is 2.70. The SMILES string of the molecule is CCNC1CCCN(CC(O)C(N)=O)C1=O. The quantitative estimate of drug-likeness (QED) is 0.531. The number of amides is 2. The first-order valence-corrected chi connectivity index (χ1v) is 5.55. The zero-order valence-corrected chi connectivity index (χ0v) is 9.48. The molecule has 2 amide bonds. The van der Waals surface area contributed by atoms with E-state index in [1.165, 1.54) is 4.90 Å². The molecule has 0 bridgehead atoms. The normalized spacial score (nSPS) is 23.2. The van der Waals surface area contributed by atoms with Crippen LogP contribution in [0.1, 0.15) is 19.8 Å². The van der Waals surface area contributed by atoms with E-state index in [-0.39, 0.29) is 18.5 Å². The lowest BCUT2D eigenvalue weighted by atomic mass is 10.0. The third-order valence-corrected chi connectivity index (χ3v) is 2.70. The lowest BCUT2D eigenvalue weighted by Gasteiger charge is -2.33. The molecule has 2 unspecified atom stereocenters. The van der Waals surface area contributed by atoms with Gasteiger partial charge in [-0.2, -0.15) is 0 Å². The summed E-state index contributed by atoms with van der Waals surface area (Å²) in [7, 11) is 0. The molecule has 1 saturated heterocycles. The number of β-amino-alcohol motifs (C(OH)–C–C–N with tert-alkyl or cyclic N) is 1. The topological polar surface area (TPSA) is 95.7 Å². The van der Waals surface area contributed by atoms with Crippen LogP contribution in [0.15, 0.2) is 0 Å². The van der Waals surface area contributed by atoms with Gasteiger partial charge < -0.3 is 21.1 Å². The Labute approximate surface area is 94.8 Å². The van der Waals surface area contributed by atoms with Gasteiger partial charge in [0.1, 0.15) is 6.10 Å². The van der Waals surface area contributed by atoms with Gasteiger partial charge in [-0.1, -0.05) is 6.92 Å². The molecule has 1 rings (SSSR count). The van der Waals surface area contributed by atoms with Crippen LogP contribution in [0.2, 0.25) is 0 Å². The maximum atomic E-state index is 11.9. The lowest BCUT2D eigenvalue weighted by Crippen LogP contribution is -2.53. The number of likely N-dealkylation sites (tertiary alicyclic amines) is 1. The van der Waals surface area contributed by atoms with Crippen LogP contribution in [0.3, 0.4) is 0 Å². The highest BCUT2D eigenvalue weighted by Gasteiger charge is 2.29. The number of hydrogen-bond donors (Lipinski definition) is 3. The van der Waals surface area contributed by atoms with Crippen molar-refractivity contribution < 1.29 is 14.7 Å². The van der Waals surface area contributed by atoms with Gasteiger partial charge in [0.15, 0.2) is 0 Å². The summed E-state index contributed by atoms with van der Waals surface area (Å²) in [6.07, 6.45) is 0.398. The minimum atomic E-state index is -1.27. The number of carbonyl (C=O) groups is 2. The highest BCUT2D eigenvalue weighted by molar-refractivity contribution is 5.84. The first-order valence-electron chi connectivity index (χ1n) is 5.55. The Kier molecular flexibility index (Phi) is 4.70. The maximum absolute atomic E-state index is 11.9. The van der Waals surface area contributed by atoms with Crippen LogP contribution in [0.4, 0.5) is 0 Å². The van der Waals surface area contributed by atoms with Gasteiger partial charge in [0.05, 0.1) is 12.6 Å². The number of piperidine rings is 1. The molecule has 1 fully saturated rings. The number of aliphatic hydroxyl groups excluding tert-OH is 1. The molecule has 0 aromatic carbocycles. The zero-order valence-electron chi connectivity index (χ0n) is 9.48. The van der Waals surface area contributed by atoms with Crippen LogP contribution in [0.5, 0.6) is 0 Å². The molecule has 6 heteroatoms. The second-order valence-corrected chi connectivity index (χ2v) is 3.95. The van der Waals surface area contributed by atoms with Crippen molar-refractivity contribution in [3.05, 3.63) is 0 Å². The molecule has 1 aliphatic heterocycles. The Bertz CT molecular complexity index is 268. The van der Waals surface area contributed by atoms with Crippen LogP contribution in [-0.2, 0) is 9.59 Å². The zero-order chi connectivity index (χ0) is 12.1. The van der Waals surface area contributed by atoms with Crippen LogP contribution in [-0.4, -0.2) is 53.6 Å². The molecule has 1 aliphatic rings. The first kappa shape index (κ1) is 12.9. The number of nitrogens with zero attached hydrogens (tertiary/aromatic N) is 1. The summed E-state index contributed by atoms with van der Waals surface area (Å²) in [5.41, 5.74) is 4.95. The van der Waals surface area contributed by atoms with Crippen molar-refractivity contribution in [3.8, 4) is 0 Å². The Morgan fingerprint density at radius 3 is 3.00 bits per heavy atom. The lowest BCUT2D eigenvalue weighted by molar-refractivity contribution is -0.139. The van der Waals surface area contributed by atoms with Crippen LogP contribution in [0.25, 0.3) is 0 Å². The standard InChI is InChI=1S/C10H19N3O3/c1-2-12-7-4-3-5-13(10(7)16)6-8(14)9(11)15/h7-8,12,14H,2-6H2,1H3,(H2,11,15). The van der Waals surface area contributed by atoms with Gasteiger partial charge in [-0.15, -0.1) is 0 Å². The van der Waals surface area contributed by atoms with Crippen LogP contribution >= 0.6 is 0 Å². The summed E-state index contributed by atoms with van der Waals surface area (Å²) in [6.45, 7) is 3.23. The number of carbonyl (C=O) groups excluding carboxylic acids is 2. The molecule has 0 aromatic heterocycles. The number of aliphatic hydroxyl groups is 1. The van der Waals surface area contributed by atoms with Crippen molar-refractivity contribution in [1.82, 2.24) is 10.2 Å². The summed E-state index contributed by atoms with van der Waals surface area (Å²) in [4.78, 5) is 24.1. The molecule has 0 spiro atoms.